The number of pyridine rings is 1. The summed E-state index contributed by atoms with van der Waals surface area (Å²) in [6, 6.07) is 1.23. The molecular weight excluding hydrogens is 358 g/mol. The molecule has 11 heteroatoms. The second-order valence-electron chi connectivity index (χ2n) is 5.53. The second-order valence-corrected chi connectivity index (χ2v) is 7.87. The highest BCUT2D eigenvalue weighted by Crippen LogP contribution is 2.35. The van der Waals surface area contributed by atoms with E-state index in [9.17, 15) is 13.5 Å². The molecule has 0 aliphatic carbocycles. The summed E-state index contributed by atoms with van der Waals surface area (Å²) in [7, 11) is -3.96. The maximum absolute atomic E-state index is 12.8. The van der Waals surface area contributed by atoms with Crippen LogP contribution in [0.25, 0.3) is 0 Å². The molecule has 3 N–H and O–H groups in total. The van der Waals surface area contributed by atoms with Gasteiger partial charge in [-0.2, -0.15) is 9.29 Å². The fourth-order valence-electron chi connectivity index (χ4n) is 2.50. The Kier molecular flexibility index (Phi) is 4.24. The smallest absolute Gasteiger partial charge is 0.260 e. The van der Waals surface area contributed by atoms with E-state index in [2.05, 4.69) is 15.1 Å². The van der Waals surface area contributed by atoms with E-state index in [-0.39, 0.29) is 41.1 Å². The first-order valence-corrected chi connectivity index (χ1v) is 9.04. The molecule has 9 nitrogen and oxygen atoms in total. The fraction of sp³-hybridized carbons (Fsp3) is 0.462. The Labute approximate surface area is 143 Å². The van der Waals surface area contributed by atoms with Gasteiger partial charge in [-0.3, -0.25) is 0 Å². The number of halogens is 1. The van der Waals surface area contributed by atoms with Gasteiger partial charge in [0.2, 0.25) is 10.0 Å². The normalized spacial score (nSPS) is 22.1. The predicted octanol–water partition coefficient (Wildman–Crippen LogP) is 0.545. The lowest BCUT2D eigenvalue weighted by atomic mass is 10.0. The molecule has 0 aromatic carbocycles. The van der Waals surface area contributed by atoms with Crippen LogP contribution in [0.15, 0.2) is 21.7 Å². The van der Waals surface area contributed by atoms with E-state index in [1.165, 1.54) is 12.3 Å². The molecule has 1 atom stereocenters. The van der Waals surface area contributed by atoms with Crippen molar-refractivity contribution in [1.82, 2.24) is 19.4 Å². The van der Waals surface area contributed by atoms with E-state index in [4.69, 9.17) is 21.9 Å². The molecule has 3 rings (SSSR count). The molecule has 1 aliphatic heterocycles. The molecule has 1 saturated heterocycles. The van der Waals surface area contributed by atoms with Crippen LogP contribution in [0.1, 0.15) is 25.1 Å². The van der Waals surface area contributed by atoms with Crippen LogP contribution >= 0.6 is 11.6 Å². The van der Waals surface area contributed by atoms with Crippen molar-refractivity contribution in [3.63, 3.8) is 0 Å². The highest BCUT2D eigenvalue weighted by molar-refractivity contribution is 7.89. The summed E-state index contributed by atoms with van der Waals surface area (Å²) >= 11 is 5.82. The molecule has 0 radical (unpaired) electrons. The number of aromatic nitrogens is 3. The minimum Gasteiger partial charge on any atom is -0.383 e. The molecule has 3 heterocycles. The number of aryl methyl sites for hydroxylation is 1. The SMILES string of the molecule is CCc1noc(C2(O)CCN(S(=O)(=O)c3cc(Cl)cnc3N)C2)n1. The lowest BCUT2D eigenvalue weighted by Gasteiger charge is -2.20. The number of sulfonamides is 1. The monoisotopic (exact) mass is 373 g/mol. The molecule has 0 bridgehead atoms. The van der Waals surface area contributed by atoms with Crippen LogP contribution in [-0.4, -0.2) is 46.0 Å². The van der Waals surface area contributed by atoms with Crippen LogP contribution in [-0.2, 0) is 22.0 Å². The van der Waals surface area contributed by atoms with E-state index < -0.39 is 15.6 Å². The Bertz CT molecular complexity index is 871. The van der Waals surface area contributed by atoms with Crippen molar-refractivity contribution in [2.75, 3.05) is 18.8 Å². The number of β-amino-alcohol motifs (C(OH)–C–C–N with tert-alkyl or cyclic N) is 1. The van der Waals surface area contributed by atoms with Gasteiger partial charge in [-0.05, 0) is 6.07 Å². The molecule has 0 saturated carbocycles. The number of hydrogen-bond acceptors (Lipinski definition) is 8. The minimum absolute atomic E-state index is 0.00856. The van der Waals surface area contributed by atoms with Crippen molar-refractivity contribution in [2.45, 2.75) is 30.3 Å². The third kappa shape index (κ3) is 2.86. The summed E-state index contributed by atoms with van der Waals surface area (Å²) in [5.41, 5.74) is 4.13. The predicted molar refractivity (Wildman–Crippen MR) is 84.6 cm³/mol. The van der Waals surface area contributed by atoms with Crippen LogP contribution < -0.4 is 5.73 Å². The lowest BCUT2D eigenvalue weighted by molar-refractivity contribution is 0.0194. The van der Waals surface area contributed by atoms with Crippen molar-refractivity contribution in [2.24, 2.45) is 0 Å². The van der Waals surface area contributed by atoms with Gasteiger partial charge in [0.25, 0.3) is 5.89 Å². The highest BCUT2D eigenvalue weighted by atomic mass is 35.5. The molecule has 1 aliphatic rings. The Morgan fingerprint density at radius 3 is 2.96 bits per heavy atom. The number of anilines is 1. The summed E-state index contributed by atoms with van der Waals surface area (Å²) in [6.45, 7) is 1.71. The first kappa shape index (κ1) is 17.1. The van der Waals surface area contributed by atoms with Gasteiger partial charge in [0.05, 0.1) is 11.6 Å². The maximum Gasteiger partial charge on any atom is 0.260 e. The molecule has 2 aromatic rings. The van der Waals surface area contributed by atoms with Crippen LogP contribution in [0.3, 0.4) is 0 Å². The molecule has 0 spiro atoms. The van der Waals surface area contributed by atoms with Crippen LogP contribution in [0.5, 0.6) is 0 Å². The maximum atomic E-state index is 12.8. The summed E-state index contributed by atoms with van der Waals surface area (Å²) in [4.78, 5) is 7.66. The van der Waals surface area contributed by atoms with Crippen molar-refractivity contribution in [3.8, 4) is 0 Å². The Morgan fingerprint density at radius 1 is 1.54 bits per heavy atom. The zero-order valence-corrected chi connectivity index (χ0v) is 14.4. The van der Waals surface area contributed by atoms with Crippen LogP contribution in [0.2, 0.25) is 5.02 Å². The van der Waals surface area contributed by atoms with Crippen molar-refractivity contribution >= 4 is 27.4 Å². The average Bonchev–Trinajstić information content (AvgIpc) is 3.17. The van der Waals surface area contributed by atoms with Gasteiger partial charge in [-0.25, -0.2) is 13.4 Å². The highest BCUT2D eigenvalue weighted by Gasteiger charge is 2.47. The van der Waals surface area contributed by atoms with E-state index in [0.29, 0.717) is 12.2 Å². The summed E-state index contributed by atoms with van der Waals surface area (Å²) < 4.78 is 31.7. The average molecular weight is 374 g/mol. The third-order valence-electron chi connectivity index (χ3n) is 3.86. The van der Waals surface area contributed by atoms with Crippen LogP contribution in [0.4, 0.5) is 5.82 Å². The Hall–Kier alpha value is -1.75. The largest absolute Gasteiger partial charge is 0.383 e. The summed E-state index contributed by atoms with van der Waals surface area (Å²) in [5, 5.41) is 14.6. The Morgan fingerprint density at radius 2 is 2.29 bits per heavy atom. The van der Waals surface area contributed by atoms with Crippen LogP contribution in [0, 0.1) is 0 Å². The summed E-state index contributed by atoms with van der Waals surface area (Å²) in [6.07, 6.45) is 1.94. The first-order valence-electron chi connectivity index (χ1n) is 7.23. The molecule has 2 aromatic heterocycles. The van der Waals surface area contributed by atoms with E-state index in [0.717, 1.165) is 4.31 Å². The van der Waals surface area contributed by atoms with Gasteiger partial charge < -0.3 is 15.4 Å². The van der Waals surface area contributed by atoms with Crippen molar-refractivity contribution in [3.05, 3.63) is 29.0 Å². The van der Waals surface area contributed by atoms with Crippen molar-refractivity contribution in [1.29, 1.82) is 0 Å². The number of aliphatic hydroxyl groups is 1. The molecule has 1 fully saturated rings. The summed E-state index contributed by atoms with van der Waals surface area (Å²) in [5.74, 6) is 0.304. The molecule has 1 unspecified atom stereocenters. The fourth-order valence-corrected chi connectivity index (χ4v) is 4.31. The zero-order valence-electron chi connectivity index (χ0n) is 12.8. The van der Waals surface area contributed by atoms with Crippen molar-refractivity contribution < 1.29 is 18.0 Å². The topological polar surface area (TPSA) is 135 Å². The Balaban J connectivity index is 1.90. The zero-order chi connectivity index (χ0) is 17.5. The number of rotatable bonds is 4. The number of hydrogen-bond donors (Lipinski definition) is 2. The quantitative estimate of drug-likeness (QED) is 0.792. The first-order chi connectivity index (χ1) is 11.3. The lowest BCUT2D eigenvalue weighted by Crippen LogP contribution is -2.35. The van der Waals surface area contributed by atoms with Gasteiger partial charge in [0.15, 0.2) is 11.4 Å². The van der Waals surface area contributed by atoms with E-state index >= 15 is 0 Å². The molecule has 24 heavy (non-hydrogen) atoms. The van der Waals surface area contributed by atoms with E-state index in [1.54, 1.807) is 0 Å². The second kappa shape index (κ2) is 5.96. The van der Waals surface area contributed by atoms with E-state index in [1.807, 2.05) is 6.92 Å². The number of nitrogen functional groups attached to an aromatic ring is 1. The minimum atomic E-state index is -3.96. The van der Waals surface area contributed by atoms with Gasteiger partial charge in [-0.15, -0.1) is 0 Å². The van der Waals surface area contributed by atoms with Gasteiger partial charge in [0.1, 0.15) is 10.7 Å². The molecule has 0 amide bonds. The van der Waals surface area contributed by atoms with Gasteiger partial charge in [-0.1, -0.05) is 23.7 Å². The molecule has 130 valence electrons. The number of nitrogens with zero attached hydrogens (tertiary/aromatic N) is 4. The number of nitrogens with two attached hydrogens (primary N) is 1. The standard InChI is InChI=1S/C13H16ClN5O4S/c1-2-10-17-12(23-18-10)13(20)3-4-19(7-13)24(21,22)9-5-8(14)6-16-11(9)15/h5-6,20H,2-4,7H2,1H3,(H2,15,16). The molecular formula is C13H16ClN5O4S. The van der Waals surface area contributed by atoms with Gasteiger partial charge >= 0.3 is 0 Å². The van der Waals surface area contributed by atoms with Gasteiger partial charge in [0, 0.05) is 25.6 Å². The third-order valence-corrected chi connectivity index (χ3v) is 5.94.